The largest absolute Gasteiger partial charge is 0.493 e. The Kier molecular flexibility index (Phi) is 3.75. The van der Waals surface area contributed by atoms with Crippen LogP contribution in [0.2, 0.25) is 0 Å². The summed E-state index contributed by atoms with van der Waals surface area (Å²) in [6.07, 6.45) is 0.639. The number of aryl methyl sites for hydroxylation is 2. The number of ether oxygens (including phenoxy) is 1. The maximum atomic E-state index is 9.51. The summed E-state index contributed by atoms with van der Waals surface area (Å²) in [6.45, 7) is 8.27. The molecule has 15 heavy (non-hydrogen) atoms. The van der Waals surface area contributed by atoms with Gasteiger partial charge in [0.05, 0.1) is 12.2 Å². The van der Waals surface area contributed by atoms with Gasteiger partial charge in [0, 0.05) is 6.42 Å². The van der Waals surface area contributed by atoms with Gasteiger partial charge in [-0.05, 0) is 51.0 Å². The topological polar surface area (TPSA) is 29.5 Å². The average molecular weight is 208 g/mol. The molecule has 2 heteroatoms. The second kappa shape index (κ2) is 4.67. The number of rotatable bonds is 4. The molecule has 2 nitrogen and oxygen atoms in total. The number of hydrogen-bond donors (Lipinski definition) is 1. The van der Waals surface area contributed by atoms with Crippen molar-refractivity contribution in [2.24, 2.45) is 0 Å². The first kappa shape index (κ1) is 12.1. The van der Waals surface area contributed by atoms with E-state index in [4.69, 9.17) is 4.74 Å². The minimum atomic E-state index is -0.653. The highest BCUT2D eigenvalue weighted by Gasteiger charge is 2.11. The van der Waals surface area contributed by atoms with Crippen LogP contribution in [0.1, 0.15) is 31.4 Å². The van der Waals surface area contributed by atoms with E-state index in [2.05, 4.69) is 19.9 Å². The average Bonchev–Trinajstić information content (AvgIpc) is 2.09. The third-order valence-corrected chi connectivity index (χ3v) is 2.46. The van der Waals surface area contributed by atoms with E-state index in [-0.39, 0.29) is 0 Å². The third-order valence-electron chi connectivity index (χ3n) is 2.46. The Labute approximate surface area is 91.9 Å². The molecule has 1 aromatic carbocycles. The SMILES string of the molecule is Cc1ccc(OCCC(C)(C)O)cc1C. The van der Waals surface area contributed by atoms with Crippen LogP contribution in [0.3, 0.4) is 0 Å². The van der Waals surface area contributed by atoms with Crippen molar-refractivity contribution in [2.45, 2.75) is 39.7 Å². The molecule has 1 aromatic rings. The zero-order valence-corrected chi connectivity index (χ0v) is 10.0. The van der Waals surface area contributed by atoms with Crippen LogP contribution in [-0.4, -0.2) is 17.3 Å². The maximum absolute atomic E-state index is 9.51. The zero-order chi connectivity index (χ0) is 11.5. The molecule has 0 radical (unpaired) electrons. The fourth-order valence-corrected chi connectivity index (χ4v) is 1.22. The van der Waals surface area contributed by atoms with Crippen molar-refractivity contribution in [3.05, 3.63) is 29.3 Å². The Morgan fingerprint density at radius 1 is 1.20 bits per heavy atom. The first-order valence-electron chi connectivity index (χ1n) is 5.31. The lowest BCUT2D eigenvalue weighted by Crippen LogP contribution is -2.21. The Bertz CT molecular complexity index is 324. The van der Waals surface area contributed by atoms with Gasteiger partial charge in [-0.3, -0.25) is 0 Å². The van der Waals surface area contributed by atoms with Crippen molar-refractivity contribution in [2.75, 3.05) is 6.61 Å². The summed E-state index contributed by atoms with van der Waals surface area (Å²) >= 11 is 0. The van der Waals surface area contributed by atoms with E-state index in [1.807, 2.05) is 12.1 Å². The van der Waals surface area contributed by atoms with Crippen LogP contribution in [0.4, 0.5) is 0 Å². The Morgan fingerprint density at radius 3 is 2.40 bits per heavy atom. The summed E-state index contributed by atoms with van der Waals surface area (Å²) < 4.78 is 5.56. The van der Waals surface area contributed by atoms with E-state index >= 15 is 0 Å². The molecule has 0 heterocycles. The van der Waals surface area contributed by atoms with E-state index in [9.17, 15) is 5.11 Å². The molecule has 1 rings (SSSR count). The van der Waals surface area contributed by atoms with Gasteiger partial charge in [-0.2, -0.15) is 0 Å². The summed E-state index contributed by atoms with van der Waals surface area (Å²) in [7, 11) is 0. The first-order chi connectivity index (χ1) is 6.88. The molecule has 0 aliphatic heterocycles. The molecular weight excluding hydrogens is 188 g/mol. The van der Waals surface area contributed by atoms with Crippen LogP contribution < -0.4 is 4.74 Å². The van der Waals surface area contributed by atoms with Crippen molar-refractivity contribution in [3.63, 3.8) is 0 Å². The van der Waals surface area contributed by atoms with Gasteiger partial charge in [0.15, 0.2) is 0 Å². The van der Waals surface area contributed by atoms with Gasteiger partial charge in [-0.1, -0.05) is 6.07 Å². The molecule has 0 amide bonds. The number of hydrogen-bond acceptors (Lipinski definition) is 2. The molecule has 0 saturated carbocycles. The predicted molar refractivity (Wildman–Crippen MR) is 62.3 cm³/mol. The summed E-state index contributed by atoms with van der Waals surface area (Å²) in [5.41, 5.74) is 1.85. The summed E-state index contributed by atoms with van der Waals surface area (Å²) in [6, 6.07) is 6.04. The minimum absolute atomic E-state index is 0.548. The Morgan fingerprint density at radius 2 is 1.87 bits per heavy atom. The van der Waals surface area contributed by atoms with Crippen LogP contribution in [0.5, 0.6) is 5.75 Å². The van der Waals surface area contributed by atoms with Crippen molar-refractivity contribution in [1.29, 1.82) is 0 Å². The van der Waals surface area contributed by atoms with Gasteiger partial charge in [0.2, 0.25) is 0 Å². The lowest BCUT2D eigenvalue weighted by atomic mass is 10.1. The Hall–Kier alpha value is -1.02. The molecule has 1 N–H and O–H groups in total. The van der Waals surface area contributed by atoms with Crippen molar-refractivity contribution in [1.82, 2.24) is 0 Å². The lowest BCUT2D eigenvalue weighted by molar-refractivity contribution is 0.0553. The molecule has 84 valence electrons. The summed E-state index contributed by atoms with van der Waals surface area (Å²) in [5, 5.41) is 9.51. The van der Waals surface area contributed by atoms with Crippen LogP contribution in [0.25, 0.3) is 0 Å². The summed E-state index contributed by atoms with van der Waals surface area (Å²) in [5.74, 6) is 0.877. The van der Waals surface area contributed by atoms with Crippen molar-refractivity contribution >= 4 is 0 Å². The zero-order valence-electron chi connectivity index (χ0n) is 10.0. The minimum Gasteiger partial charge on any atom is -0.493 e. The van der Waals surface area contributed by atoms with Crippen LogP contribution in [0, 0.1) is 13.8 Å². The predicted octanol–water partition coefficient (Wildman–Crippen LogP) is 2.84. The van der Waals surface area contributed by atoms with Gasteiger partial charge in [0.1, 0.15) is 5.75 Å². The van der Waals surface area contributed by atoms with Crippen LogP contribution in [0.15, 0.2) is 18.2 Å². The van der Waals surface area contributed by atoms with Gasteiger partial charge >= 0.3 is 0 Å². The normalized spacial score (nSPS) is 11.5. The third kappa shape index (κ3) is 4.34. The standard InChI is InChI=1S/C13H20O2/c1-10-5-6-12(9-11(10)2)15-8-7-13(3,4)14/h5-6,9,14H,7-8H2,1-4H3. The molecule has 0 fully saturated rings. The van der Waals surface area contributed by atoms with Crippen LogP contribution >= 0.6 is 0 Å². The van der Waals surface area contributed by atoms with E-state index in [0.717, 1.165) is 5.75 Å². The fourth-order valence-electron chi connectivity index (χ4n) is 1.22. The van der Waals surface area contributed by atoms with Crippen molar-refractivity contribution < 1.29 is 9.84 Å². The smallest absolute Gasteiger partial charge is 0.119 e. The van der Waals surface area contributed by atoms with Gasteiger partial charge < -0.3 is 9.84 Å². The van der Waals surface area contributed by atoms with Crippen LogP contribution in [-0.2, 0) is 0 Å². The molecule has 0 bridgehead atoms. The summed E-state index contributed by atoms with van der Waals surface area (Å²) in [4.78, 5) is 0. The van der Waals surface area contributed by atoms with Crippen molar-refractivity contribution in [3.8, 4) is 5.75 Å². The fraction of sp³-hybridized carbons (Fsp3) is 0.538. The molecule has 0 aliphatic carbocycles. The van der Waals surface area contributed by atoms with Gasteiger partial charge in [-0.15, -0.1) is 0 Å². The molecular formula is C13H20O2. The monoisotopic (exact) mass is 208 g/mol. The highest BCUT2D eigenvalue weighted by molar-refractivity contribution is 5.33. The van der Waals surface area contributed by atoms with E-state index in [0.29, 0.717) is 13.0 Å². The molecule has 0 unspecified atom stereocenters. The highest BCUT2D eigenvalue weighted by atomic mass is 16.5. The van der Waals surface area contributed by atoms with E-state index in [1.165, 1.54) is 11.1 Å². The maximum Gasteiger partial charge on any atom is 0.119 e. The molecule has 0 saturated heterocycles. The number of benzene rings is 1. The van der Waals surface area contributed by atoms with E-state index < -0.39 is 5.60 Å². The van der Waals surface area contributed by atoms with E-state index in [1.54, 1.807) is 13.8 Å². The first-order valence-corrected chi connectivity index (χ1v) is 5.31. The van der Waals surface area contributed by atoms with Gasteiger partial charge in [-0.25, -0.2) is 0 Å². The second-order valence-electron chi connectivity index (χ2n) is 4.66. The molecule has 0 aliphatic rings. The number of aliphatic hydroxyl groups is 1. The molecule has 0 atom stereocenters. The quantitative estimate of drug-likeness (QED) is 0.824. The highest BCUT2D eigenvalue weighted by Crippen LogP contribution is 2.17. The lowest BCUT2D eigenvalue weighted by Gasteiger charge is -2.17. The molecule has 0 spiro atoms. The van der Waals surface area contributed by atoms with Gasteiger partial charge in [0.25, 0.3) is 0 Å². The second-order valence-corrected chi connectivity index (χ2v) is 4.66. The molecule has 0 aromatic heterocycles. The Balaban J connectivity index is 2.48.